The van der Waals surface area contributed by atoms with Crippen LogP contribution in [0.3, 0.4) is 0 Å². The highest BCUT2D eigenvalue weighted by atomic mass is 32.2. The number of nitrogen functional groups attached to an aromatic ring is 1. The minimum absolute atomic E-state index is 0.0406. The number of fused-ring (bicyclic) bond motifs is 1. The number of rotatable bonds is 3. The Balaban J connectivity index is 0.000000219. The van der Waals surface area contributed by atoms with Gasteiger partial charge in [-0.15, -0.1) is 0 Å². The van der Waals surface area contributed by atoms with Gasteiger partial charge in [0.2, 0.25) is 0 Å². The van der Waals surface area contributed by atoms with Gasteiger partial charge in [0.1, 0.15) is 4.90 Å². The number of hydrazine groups is 1. The first-order chi connectivity index (χ1) is 11.5. The zero-order valence-corrected chi connectivity index (χ0v) is 13.4. The molecule has 0 atom stereocenters. The van der Waals surface area contributed by atoms with Crippen molar-refractivity contribution in [2.45, 2.75) is 4.90 Å². The molecule has 124 valence electrons. The number of para-hydroxylation sites is 1. The summed E-state index contributed by atoms with van der Waals surface area (Å²) in [6, 6.07) is 19.3. The third-order valence-electron chi connectivity index (χ3n) is 3.24. The number of benzene rings is 3. The monoisotopic (exact) mass is 344 g/mol. The summed E-state index contributed by atoms with van der Waals surface area (Å²) in [4.78, 5) is 10.4. The number of nitrogens with two attached hydrogens (primary N) is 1. The Morgan fingerprint density at radius 3 is 2.08 bits per heavy atom. The smallest absolute Gasteiger partial charge is 0.295 e. The van der Waals surface area contributed by atoms with Gasteiger partial charge in [0, 0.05) is 16.6 Å². The van der Waals surface area contributed by atoms with Crippen LogP contribution in [-0.2, 0) is 10.1 Å². The minimum Gasteiger partial charge on any atom is -0.324 e. The zero-order chi connectivity index (χ0) is 17.6. The van der Waals surface area contributed by atoms with Crippen LogP contribution in [0.4, 0.5) is 5.69 Å². The largest absolute Gasteiger partial charge is 0.324 e. The Morgan fingerprint density at radius 1 is 0.917 bits per heavy atom. The molecule has 4 N–H and O–H groups in total. The van der Waals surface area contributed by atoms with E-state index >= 15 is 0 Å². The summed E-state index contributed by atoms with van der Waals surface area (Å²) in [5.74, 6) is 5.10. The number of aldehydes is 1. The van der Waals surface area contributed by atoms with Gasteiger partial charge in [-0.3, -0.25) is 15.2 Å². The molecule has 0 aliphatic heterocycles. The number of carbonyl (C=O) groups is 1. The molecule has 0 fully saturated rings. The average molecular weight is 344 g/mol. The van der Waals surface area contributed by atoms with Gasteiger partial charge in [-0.05, 0) is 23.6 Å². The molecule has 0 aliphatic carbocycles. The van der Waals surface area contributed by atoms with E-state index < -0.39 is 10.1 Å². The normalized spacial score (nSPS) is 10.6. The van der Waals surface area contributed by atoms with Gasteiger partial charge in [0.05, 0.1) is 0 Å². The molecular weight excluding hydrogens is 328 g/mol. The Labute approximate surface area is 139 Å². The maximum absolute atomic E-state index is 11.2. The minimum atomic E-state index is -4.40. The lowest BCUT2D eigenvalue weighted by molar-refractivity contribution is 0.112. The fourth-order valence-electron chi connectivity index (χ4n) is 2.17. The maximum atomic E-state index is 11.2. The van der Waals surface area contributed by atoms with E-state index in [0.29, 0.717) is 17.1 Å². The van der Waals surface area contributed by atoms with Crippen LogP contribution in [0.2, 0.25) is 0 Å². The van der Waals surface area contributed by atoms with Gasteiger partial charge >= 0.3 is 0 Å². The van der Waals surface area contributed by atoms with Gasteiger partial charge in [0.15, 0.2) is 6.29 Å². The van der Waals surface area contributed by atoms with Crippen LogP contribution in [-0.4, -0.2) is 19.3 Å². The van der Waals surface area contributed by atoms with E-state index in [-0.39, 0.29) is 10.5 Å². The van der Waals surface area contributed by atoms with Crippen molar-refractivity contribution in [3.8, 4) is 0 Å². The Kier molecular flexibility index (Phi) is 5.64. The van der Waals surface area contributed by atoms with E-state index in [9.17, 15) is 13.2 Å². The van der Waals surface area contributed by atoms with E-state index in [1.54, 1.807) is 30.3 Å². The summed E-state index contributed by atoms with van der Waals surface area (Å²) in [5.41, 5.74) is 3.42. The molecule has 24 heavy (non-hydrogen) atoms. The van der Waals surface area contributed by atoms with Gasteiger partial charge in [-0.1, -0.05) is 48.5 Å². The summed E-state index contributed by atoms with van der Waals surface area (Å²) in [7, 11) is -4.40. The molecule has 0 radical (unpaired) electrons. The molecule has 6 nitrogen and oxygen atoms in total. The van der Waals surface area contributed by atoms with Crippen LogP contribution in [0, 0.1) is 0 Å². The van der Waals surface area contributed by atoms with Crippen LogP contribution in [0.15, 0.2) is 71.6 Å². The summed E-state index contributed by atoms with van der Waals surface area (Å²) >= 11 is 0. The molecule has 0 spiro atoms. The molecule has 3 rings (SSSR count). The highest BCUT2D eigenvalue weighted by Crippen LogP contribution is 2.25. The predicted molar refractivity (Wildman–Crippen MR) is 93.4 cm³/mol. The lowest BCUT2D eigenvalue weighted by Crippen LogP contribution is -2.05. The molecule has 0 saturated carbocycles. The van der Waals surface area contributed by atoms with Crippen LogP contribution >= 0.6 is 0 Å². The quantitative estimate of drug-likeness (QED) is 0.292. The molecule has 0 saturated heterocycles. The Morgan fingerprint density at radius 2 is 1.54 bits per heavy atom. The second-order valence-electron chi connectivity index (χ2n) is 4.81. The first-order valence-corrected chi connectivity index (χ1v) is 8.37. The first kappa shape index (κ1) is 17.6. The molecule has 0 unspecified atom stereocenters. The van der Waals surface area contributed by atoms with E-state index in [2.05, 4.69) is 5.43 Å². The molecular formula is C17H16N2O4S. The lowest BCUT2D eigenvalue weighted by Gasteiger charge is -2.05. The fraction of sp³-hybridized carbons (Fsp3) is 0. The Hall–Kier alpha value is -2.74. The van der Waals surface area contributed by atoms with Crippen LogP contribution in [0.1, 0.15) is 10.4 Å². The van der Waals surface area contributed by atoms with Crippen molar-refractivity contribution in [3.05, 3.63) is 72.3 Å². The number of hydrogen-bond acceptors (Lipinski definition) is 5. The number of hydrogen-bond donors (Lipinski definition) is 3. The van der Waals surface area contributed by atoms with Crippen molar-refractivity contribution in [2.24, 2.45) is 5.84 Å². The molecule has 3 aromatic rings. The van der Waals surface area contributed by atoms with Crippen LogP contribution in [0.25, 0.3) is 10.8 Å². The van der Waals surface area contributed by atoms with Gasteiger partial charge in [-0.2, -0.15) is 8.42 Å². The van der Waals surface area contributed by atoms with Crippen molar-refractivity contribution < 1.29 is 17.8 Å². The molecule has 0 heterocycles. The molecule has 7 heteroatoms. The molecule has 0 amide bonds. The highest BCUT2D eigenvalue weighted by Gasteiger charge is 2.18. The second kappa shape index (κ2) is 7.69. The maximum Gasteiger partial charge on any atom is 0.295 e. The summed E-state index contributed by atoms with van der Waals surface area (Å²) in [6.07, 6.45) is 0.412. The average Bonchev–Trinajstić information content (AvgIpc) is 2.61. The molecule has 0 aliphatic rings. The first-order valence-electron chi connectivity index (χ1n) is 6.93. The van der Waals surface area contributed by atoms with Gasteiger partial charge in [0.25, 0.3) is 10.1 Å². The van der Waals surface area contributed by atoms with Crippen LogP contribution < -0.4 is 11.3 Å². The third-order valence-corrected chi connectivity index (χ3v) is 4.21. The number of carbonyl (C=O) groups excluding carboxylic acids is 1. The van der Waals surface area contributed by atoms with E-state index in [1.165, 1.54) is 6.07 Å². The van der Waals surface area contributed by atoms with E-state index in [1.807, 2.05) is 30.3 Å². The highest BCUT2D eigenvalue weighted by molar-refractivity contribution is 7.86. The predicted octanol–water partition coefficient (Wildman–Crippen LogP) is 2.87. The Bertz CT molecular complexity index is 941. The third kappa shape index (κ3) is 4.17. The zero-order valence-electron chi connectivity index (χ0n) is 12.6. The van der Waals surface area contributed by atoms with Crippen LogP contribution in [0.5, 0.6) is 0 Å². The lowest BCUT2D eigenvalue weighted by atomic mass is 10.1. The van der Waals surface area contributed by atoms with Gasteiger partial charge in [-0.25, -0.2) is 0 Å². The topological polar surface area (TPSA) is 109 Å². The van der Waals surface area contributed by atoms with E-state index in [0.717, 1.165) is 5.69 Å². The SMILES string of the molecule is NNc1ccccc1.O=Cc1ccc2ccccc2c1S(=O)(=O)O. The summed E-state index contributed by atoms with van der Waals surface area (Å²) < 4.78 is 31.6. The second-order valence-corrected chi connectivity index (χ2v) is 6.17. The summed E-state index contributed by atoms with van der Waals surface area (Å²) in [5, 5.41) is 0.996. The number of anilines is 1. The molecule has 0 bridgehead atoms. The summed E-state index contributed by atoms with van der Waals surface area (Å²) in [6.45, 7) is 0. The molecule has 3 aromatic carbocycles. The molecule has 0 aromatic heterocycles. The van der Waals surface area contributed by atoms with Crippen molar-refractivity contribution in [3.63, 3.8) is 0 Å². The number of nitrogens with one attached hydrogen (secondary N) is 1. The van der Waals surface area contributed by atoms with Crippen molar-refractivity contribution >= 4 is 32.9 Å². The van der Waals surface area contributed by atoms with Crippen molar-refractivity contribution in [1.82, 2.24) is 0 Å². The fourth-order valence-corrected chi connectivity index (χ4v) is 3.05. The standard InChI is InChI=1S/C11H8O4S.C6H8N2/c12-7-9-6-5-8-3-1-2-4-10(8)11(9)16(13,14)15;7-8-6-4-2-1-3-5-6/h1-7H,(H,13,14,15);1-5,8H,7H2. The van der Waals surface area contributed by atoms with Crippen molar-refractivity contribution in [2.75, 3.05) is 5.43 Å². The van der Waals surface area contributed by atoms with Crippen molar-refractivity contribution in [1.29, 1.82) is 0 Å². The van der Waals surface area contributed by atoms with Gasteiger partial charge < -0.3 is 5.43 Å². The van der Waals surface area contributed by atoms with E-state index in [4.69, 9.17) is 10.4 Å².